The maximum absolute atomic E-state index is 12.8. The van der Waals surface area contributed by atoms with Gasteiger partial charge in [-0.05, 0) is 42.0 Å². The molecule has 0 saturated heterocycles. The molecule has 6 heteroatoms. The number of carbonyl (C=O) groups excluding carboxylic acids is 1. The van der Waals surface area contributed by atoms with Gasteiger partial charge in [0, 0.05) is 5.92 Å². The highest BCUT2D eigenvalue weighted by molar-refractivity contribution is 5.84. The van der Waals surface area contributed by atoms with E-state index >= 15 is 0 Å². The molecule has 0 fully saturated rings. The van der Waals surface area contributed by atoms with Gasteiger partial charge in [0.1, 0.15) is 22.8 Å². The standard InChI is InChI=1S/C25H20O6/c1-29-22(26)15-20(23-24(27)19-12-5-6-13-21(19)31-25(23)28)16-8-7-11-18(14-16)30-17-9-3-2-4-10-17/h2-14,20,27H,15H2,1H3/t20-/m0/s1. The summed E-state index contributed by atoms with van der Waals surface area (Å²) in [4.78, 5) is 25.0. The van der Waals surface area contributed by atoms with Crippen LogP contribution in [0.3, 0.4) is 0 Å². The predicted molar refractivity (Wildman–Crippen MR) is 116 cm³/mol. The Kier molecular flexibility index (Phi) is 5.71. The minimum atomic E-state index is -0.785. The molecule has 0 unspecified atom stereocenters. The Balaban J connectivity index is 1.82. The first-order valence-corrected chi connectivity index (χ1v) is 9.71. The summed E-state index contributed by atoms with van der Waals surface area (Å²) in [7, 11) is 1.27. The minimum absolute atomic E-state index is 0.000890. The predicted octanol–water partition coefficient (Wildman–Crippen LogP) is 4.99. The van der Waals surface area contributed by atoms with Crippen molar-refractivity contribution in [1.29, 1.82) is 0 Å². The zero-order chi connectivity index (χ0) is 21.8. The highest BCUT2D eigenvalue weighted by Gasteiger charge is 2.27. The monoisotopic (exact) mass is 416 g/mol. The third kappa shape index (κ3) is 4.28. The Morgan fingerprint density at radius 2 is 1.68 bits per heavy atom. The molecular weight excluding hydrogens is 396 g/mol. The summed E-state index contributed by atoms with van der Waals surface area (Å²) >= 11 is 0. The Morgan fingerprint density at radius 1 is 0.968 bits per heavy atom. The molecule has 4 aromatic rings. The van der Waals surface area contributed by atoms with E-state index in [1.165, 1.54) is 7.11 Å². The molecule has 156 valence electrons. The van der Waals surface area contributed by atoms with E-state index < -0.39 is 17.5 Å². The number of rotatable bonds is 6. The van der Waals surface area contributed by atoms with Crippen LogP contribution in [0.25, 0.3) is 11.0 Å². The summed E-state index contributed by atoms with van der Waals surface area (Å²) in [6, 6.07) is 23.0. The van der Waals surface area contributed by atoms with E-state index in [2.05, 4.69) is 0 Å². The maximum atomic E-state index is 12.8. The third-order valence-electron chi connectivity index (χ3n) is 5.01. The number of benzene rings is 3. The fourth-order valence-electron chi connectivity index (χ4n) is 3.51. The second kappa shape index (κ2) is 8.75. The smallest absolute Gasteiger partial charge is 0.343 e. The molecular formula is C25H20O6. The molecule has 0 aliphatic rings. The van der Waals surface area contributed by atoms with Crippen LogP contribution < -0.4 is 10.4 Å². The molecule has 1 N–H and O–H groups in total. The molecule has 1 heterocycles. The third-order valence-corrected chi connectivity index (χ3v) is 5.01. The molecule has 6 nitrogen and oxygen atoms in total. The largest absolute Gasteiger partial charge is 0.507 e. The van der Waals surface area contributed by atoms with Crippen molar-refractivity contribution in [3.8, 4) is 17.2 Å². The normalized spacial score (nSPS) is 11.8. The number of carbonyl (C=O) groups is 1. The van der Waals surface area contributed by atoms with Gasteiger partial charge in [0.15, 0.2) is 0 Å². The van der Waals surface area contributed by atoms with Crippen LogP contribution >= 0.6 is 0 Å². The van der Waals surface area contributed by atoms with Crippen molar-refractivity contribution in [2.24, 2.45) is 0 Å². The van der Waals surface area contributed by atoms with E-state index in [0.29, 0.717) is 22.4 Å². The Morgan fingerprint density at radius 3 is 2.45 bits per heavy atom. The number of esters is 1. The van der Waals surface area contributed by atoms with Crippen molar-refractivity contribution in [3.63, 3.8) is 0 Å². The van der Waals surface area contributed by atoms with Crippen molar-refractivity contribution in [2.75, 3.05) is 7.11 Å². The first kappa shape index (κ1) is 20.2. The molecule has 0 saturated carbocycles. The zero-order valence-electron chi connectivity index (χ0n) is 16.8. The molecule has 0 bridgehead atoms. The lowest BCUT2D eigenvalue weighted by molar-refractivity contribution is -0.140. The van der Waals surface area contributed by atoms with Gasteiger partial charge in [-0.3, -0.25) is 4.79 Å². The molecule has 0 aliphatic carbocycles. The lowest BCUT2D eigenvalue weighted by Crippen LogP contribution is -2.18. The number of fused-ring (bicyclic) bond motifs is 1. The second-order valence-corrected chi connectivity index (χ2v) is 6.97. The number of methoxy groups -OCH3 is 1. The number of hydrogen-bond donors (Lipinski definition) is 1. The summed E-state index contributed by atoms with van der Waals surface area (Å²) in [5.41, 5.74) is 0.170. The van der Waals surface area contributed by atoms with Gasteiger partial charge >= 0.3 is 11.6 Å². The molecule has 0 aliphatic heterocycles. The van der Waals surface area contributed by atoms with E-state index in [9.17, 15) is 14.7 Å². The van der Waals surface area contributed by atoms with Crippen LogP contribution in [0.5, 0.6) is 17.2 Å². The quantitative estimate of drug-likeness (QED) is 0.352. The van der Waals surface area contributed by atoms with Gasteiger partial charge in [0.2, 0.25) is 0 Å². The Bertz CT molecular complexity index is 1280. The Hall–Kier alpha value is -4.06. The molecule has 0 radical (unpaired) electrons. The van der Waals surface area contributed by atoms with Crippen LogP contribution in [-0.2, 0) is 9.53 Å². The number of para-hydroxylation sites is 2. The van der Waals surface area contributed by atoms with Gasteiger partial charge in [-0.25, -0.2) is 4.79 Å². The minimum Gasteiger partial charge on any atom is -0.507 e. The zero-order valence-corrected chi connectivity index (χ0v) is 16.8. The molecule has 31 heavy (non-hydrogen) atoms. The average Bonchev–Trinajstić information content (AvgIpc) is 2.79. The highest BCUT2D eigenvalue weighted by atomic mass is 16.5. The van der Waals surface area contributed by atoms with Crippen LogP contribution in [0, 0.1) is 0 Å². The van der Waals surface area contributed by atoms with Crippen molar-refractivity contribution >= 4 is 16.9 Å². The maximum Gasteiger partial charge on any atom is 0.343 e. The van der Waals surface area contributed by atoms with Gasteiger partial charge in [0.25, 0.3) is 0 Å². The average molecular weight is 416 g/mol. The summed E-state index contributed by atoms with van der Waals surface area (Å²) in [6.45, 7) is 0. The van der Waals surface area contributed by atoms with Gasteiger partial charge in [-0.2, -0.15) is 0 Å². The van der Waals surface area contributed by atoms with Crippen molar-refractivity contribution < 1.29 is 23.8 Å². The van der Waals surface area contributed by atoms with Gasteiger partial charge in [-0.15, -0.1) is 0 Å². The van der Waals surface area contributed by atoms with Crippen molar-refractivity contribution in [2.45, 2.75) is 12.3 Å². The lowest BCUT2D eigenvalue weighted by atomic mass is 9.88. The van der Waals surface area contributed by atoms with Crippen LogP contribution in [0.1, 0.15) is 23.5 Å². The summed E-state index contributed by atoms with van der Waals surface area (Å²) < 4.78 is 16.1. The first-order chi connectivity index (χ1) is 15.1. The Labute approximate surface area is 178 Å². The van der Waals surface area contributed by atoms with E-state index in [1.807, 2.05) is 30.3 Å². The van der Waals surface area contributed by atoms with Crippen LogP contribution in [0.4, 0.5) is 0 Å². The molecule has 4 rings (SSSR count). The molecule has 3 aromatic carbocycles. The van der Waals surface area contributed by atoms with E-state index in [-0.39, 0.29) is 23.3 Å². The molecule has 0 amide bonds. The van der Waals surface area contributed by atoms with Gasteiger partial charge < -0.3 is 19.0 Å². The van der Waals surface area contributed by atoms with Gasteiger partial charge in [0.05, 0.1) is 24.5 Å². The molecule has 0 spiro atoms. The summed E-state index contributed by atoms with van der Waals surface area (Å²) in [5, 5.41) is 11.3. The van der Waals surface area contributed by atoms with E-state index in [1.54, 1.807) is 48.5 Å². The topological polar surface area (TPSA) is 86.0 Å². The molecule has 1 aromatic heterocycles. The summed E-state index contributed by atoms with van der Waals surface area (Å²) in [6.07, 6.45) is -0.151. The number of ether oxygens (including phenoxy) is 2. The van der Waals surface area contributed by atoms with Crippen LogP contribution in [-0.4, -0.2) is 18.2 Å². The second-order valence-electron chi connectivity index (χ2n) is 6.97. The van der Waals surface area contributed by atoms with Crippen LogP contribution in [0.2, 0.25) is 0 Å². The lowest BCUT2D eigenvalue weighted by Gasteiger charge is -2.18. The number of aromatic hydroxyl groups is 1. The van der Waals surface area contributed by atoms with E-state index in [0.717, 1.165) is 0 Å². The van der Waals surface area contributed by atoms with Gasteiger partial charge in [-0.1, -0.05) is 42.5 Å². The SMILES string of the molecule is COC(=O)C[C@@H](c1cccc(Oc2ccccc2)c1)c1c(O)c2ccccc2oc1=O. The van der Waals surface area contributed by atoms with Crippen molar-refractivity contribution in [3.05, 3.63) is 100 Å². The van der Waals surface area contributed by atoms with Crippen LogP contribution in [0.15, 0.2) is 88.1 Å². The summed E-state index contributed by atoms with van der Waals surface area (Å²) in [5.74, 6) is -0.338. The number of hydrogen-bond acceptors (Lipinski definition) is 6. The van der Waals surface area contributed by atoms with Crippen molar-refractivity contribution in [1.82, 2.24) is 0 Å². The van der Waals surface area contributed by atoms with E-state index in [4.69, 9.17) is 13.9 Å². The molecule has 1 atom stereocenters. The fraction of sp³-hybridized carbons (Fsp3) is 0.120. The first-order valence-electron chi connectivity index (χ1n) is 9.71. The fourth-order valence-corrected chi connectivity index (χ4v) is 3.51. The highest BCUT2D eigenvalue weighted by Crippen LogP contribution is 2.37.